The second kappa shape index (κ2) is 4.88. The van der Waals surface area contributed by atoms with E-state index in [1.807, 2.05) is 6.07 Å². The summed E-state index contributed by atoms with van der Waals surface area (Å²) >= 11 is 0. The molecule has 1 aliphatic rings. The molecule has 19 heavy (non-hydrogen) atoms. The molecular weight excluding hydrogens is 243 g/mol. The smallest absolute Gasteiger partial charge is 0.212 e. The van der Waals surface area contributed by atoms with Gasteiger partial charge in [-0.25, -0.2) is 4.98 Å². The van der Waals surface area contributed by atoms with Crippen LogP contribution in [0.3, 0.4) is 0 Å². The van der Waals surface area contributed by atoms with E-state index in [1.165, 1.54) is 23.4 Å². The third-order valence-corrected chi connectivity index (χ3v) is 3.50. The van der Waals surface area contributed by atoms with Crippen LogP contribution in [0.25, 0.3) is 0 Å². The minimum atomic E-state index is -0.459. The van der Waals surface area contributed by atoms with Crippen molar-refractivity contribution in [3.8, 4) is 5.75 Å². The van der Waals surface area contributed by atoms with Gasteiger partial charge < -0.3 is 10.1 Å². The maximum Gasteiger partial charge on any atom is 0.212 e. The van der Waals surface area contributed by atoms with Crippen molar-refractivity contribution in [3.63, 3.8) is 0 Å². The van der Waals surface area contributed by atoms with Crippen LogP contribution in [0.5, 0.6) is 5.75 Å². The molecule has 1 aromatic carbocycles. The molecule has 1 aliphatic carbocycles. The van der Waals surface area contributed by atoms with Crippen LogP contribution >= 0.6 is 0 Å². The summed E-state index contributed by atoms with van der Waals surface area (Å²) in [5.74, 6) is 0.406. The summed E-state index contributed by atoms with van der Waals surface area (Å²) < 4.78 is 18.0. The zero-order chi connectivity index (χ0) is 13.2. The third kappa shape index (κ3) is 2.38. The minimum Gasteiger partial charge on any atom is -0.497 e. The highest BCUT2D eigenvalue weighted by Crippen LogP contribution is 2.35. The molecule has 1 N–H and O–H groups in total. The summed E-state index contributed by atoms with van der Waals surface area (Å²) in [7, 11) is 1.67. The van der Waals surface area contributed by atoms with E-state index in [1.54, 1.807) is 13.2 Å². The molecule has 3 rings (SSSR count). The molecule has 0 radical (unpaired) electrons. The first-order valence-corrected chi connectivity index (χ1v) is 6.31. The van der Waals surface area contributed by atoms with Crippen LogP contribution in [-0.4, -0.2) is 12.1 Å². The molecule has 1 atom stereocenters. The van der Waals surface area contributed by atoms with Crippen LogP contribution < -0.4 is 10.1 Å². The molecule has 0 spiro atoms. The van der Waals surface area contributed by atoms with Crippen molar-refractivity contribution in [2.24, 2.45) is 0 Å². The summed E-state index contributed by atoms with van der Waals surface area (Å²) in [5.41, 5.74) is 3.43. The number of methoxy groups -OCH3 is 1. The highest BCUT2D eigenvalue weighted by molar-refractivity contribution is 5.48. The number of rotatable bonds is 3. The molecular formula is C15H15FN2O. The lowest BCUT2D eigenvalue weighted by Crippen LogP contribution is -2.07. The van der Waals surface area contributed by atoms with Crippen LogP contribution in [-0.2, 0) is 6.42 Å². The average Bonchev–Trinajstić information content (AvgIpc) is 2.84. The van der Waals surface area contributed by atoms with E-state index in [0.717, 1.165) is 24.3 Å². The monoisotopic (exact) mass is 258 g/mol. The Morgan fingerprint density at radius 3 is 2.95 bits per heavy atom. The average molecular weight is 258 g/mol. The van der Waals surface area contributed by atoms with Crippen molar-refractivity contribution in [1.29, 1.82) is 0 Å². The Hall–Kier alpha value is -2.10. The Bertz CT molecular complexity index is 583. The quantitative estimate of drug-likeness (QED) is 0.857. The lowest BCUT2D eigenvalue weighted by Gasteiger charge is -2.15. The van der Waals surface area contributed by atoms with Gasteiger partial charge >= 0.3 is 0 Å². The van der Waals surface area contributed by atoms with Crippen molar-refractivity contribution >= 4 is 5.69 Å². The highest BCUT2D eigenvalue weighted by Gasteiger charge is 2.22. The molecule has 2 aromatic rings. The summed E-state index contributed by atoms with van der Waals surface area (Å²) in [6.45, 7) is 0. The SMILES string of the molecule is COc1ccc2c(c1)C(Nc1ccc(F)nc1)CC2. The van der Waals surface area contributed by atoms with Gasteiger partial charge in [0.25, 0.3) is 0 Å². The molecule has 0 fully saturated rings. The number of nitrogens with one attached hydrogen (secondary N) is 1. The molecule has 3 nitrogen and oxygen atoms in total. The number of ether oxygens (including phenoxy) is 1. The normalized spacial score (nSPS) is 17.1. The van der Waals surface area contributed by atoms with Gasteiger partial charge in [0, 0.05) is 0 Å². The van der Waals surface area contributed by atoms with Gasteiger partial charge in [0.05, 0.1) is 25.0 Å². The van der Waals surface area contributed by atoms with Gasteiger partial charge in [0.2, 0.25) is 5.95 Å². The highest BCUT2D eigenvalue weighted by atomic mass is 19.1. The van der Waals surface area contributed by atoms with E-state index in [9.17, 15) is 4.39 Å². The molecule has 1 aromatic heterocycles. The number of benzene rings is 1. The summed E-state index contributed by atoms with van der Waals surface area (Å²) in [5, 5.41) is 3.39. The molecule has 0 bridgehead atoms. The van der Waals surface area contributed by atoms with Crippen molar-refractivity contribution in [2.75, 3.05) is 12.4 Å². The lowest BCUT2D eigenvalue weighted by molar-refractivity contribution is 0.414. The topological polar surface area (TPSA) is 34.1 Å². The maximum absolute atomic E-state index is 12.8. The first kappa shape index (κ1) is 12.0. The number of anilines is 1. The van der Waals surface area contributed by atoms with Crippen molar-refractivity contribution < 1.29 is 9.13 Å². The molecule has 0 saturated heterocycles. The van der Waals surface area contributed by atoms with E-state index in [0.29, 0.717) is 0 Å². The molecule has 0 amide bonds. The Kier molecular flexibility index (Phi) is 3.07. The first-order chi connectivity index (χ1) is 9.26. The van der Waals surface area contributed by atoms with Crippen molar-refractivity contribution in [2.45, 2.75) is 18.9 Å². The number of aryl methyl sites for hydroxylation is 1. The van der Waals surface area contributed by atoms with Crippen LogP contribution in [0, 0.1) is 5.95 Å². The lowest BCUT2D eigenvalue weighted by atomic mass is 10.1. The Balaban J connectivity index is 1.83. The second-order valence-electron chi connectivity index (χ2n) is 4.67. The third-order valence-electron chi connectivity index (χ3n) is 3.50. The number of pyridine rings is 1. The van der Waals surface area contributed by atoms with Crippen LogP contribution in [0.2, 0.25) is 0 Å². The fourth-order valence-electron chi connectivity index (χ4n) is 2.52. The number of halogens is 1. The van der Waals surface area contributed by atoms with Crippen molar-refractivity contribution in [1.82, 2.24) is 4.98 Å². The minimum absolute atomic E-state index is 0.234. The standard InChI is InChI=1S/C15H15FN2O/c1-19-12-5-2-10-3-6-14(13(10)8-12)18-11-4-7-15(16)17-9-11/h2,4-5,7-9,14,18H,3,6H2,1H3. The molecule has 0 aliphatic heterocycles. The largest absolute Gasteiger partial charge is 0.497 e. The van der Waals surface area contributed by atoms with Gasteiger partial charge in [-0.05, 0) is 48.2 Å². The van der Waals surface area contributed by atoms with Gasteiger partial charge in [-0.1, -0.05) is 6.07 Å². The van der Waals surface area contributed by atoms with Gasteiger partial charge in [0.1, 0.15) is 5.75 Å². The first-order valence-electron chi connectivity index (χ1n) is 6.31. The molecule has 1 heterocycles. The van der Waals surface area contributed by atoms with E-state index < -0.39 is 5.95 Å². The van der Waals surface area contributed by atoms with E-state index in [2.05, 4.69) is 22.4 Å². The van der Waals surface area contributed by atoms with Crippen molar-refractivity contribution in [3.05, 3.63) is 53.6 Å². The number of hydrogen-bond acceptors (Lipinski definition) is 3. The summed E-state index contributed by atoms with van der Waals surface area (Å²) in [4.78, 5) is 3.66. The number of fused-ring (bicyclic) bond motifs is 1. The fourth-order valence-corrected chi connectivity index (χ4v) is 2.52. The zero-order valence-electron chi connectivity index (χ0n) is 10.7. The number of hydrogen-bond donors (Lipinski definition) is 1. The predicted molar refractivity (Wildman–Crippen MR) is 71.9 cm³/mol. The second-order valence-corrected chi connectivity index (χ2v) is 4.67. The molecule has 0 saturated carbocycles. The van der Waals surface area contributed by atoms with Gasteiger partial charge in [0.15, 0.2) is 0 Å². The van der Waals surface area contributed by atoms with E-state index in [-0.39, 0.29) is 6.04 Å². The Morgan fingerprint density at radius 1 is 1.32 bits per heavy atom. The Labute approximate surface area is 111 Å². The number of aromatic nitrogens is 1. The van der Waals surface area contributed by atoms with Crippen LogP contribution in [0.4, 0.5) is 10.1 Å². The van der Waals surface area contributed by atoms with Gasteiger partial charge in [-0.2, -0.15) is 4.39 Å². The van der Waals surface area contributed by atoms with E-state index >= 15 is 0 Å². The fraction of sp³-hybridized carbons (Fsp3) is 0.267. The van der Waals surface area contributed by atoms with Gasteiger partial charge in [-0.15, -0.1) is 0 Å². The van der Waals surface area contributed by atoms with E-state index in [4.69, 9.17) is 4.74 Å². The summed E-state index contributed by atoms with van der Waals surface area (Å²) in [6, 6.07) is 9.47. The molecule has 1 unspecified atom stereocenters. The maximum atomic E-state index is 12.8. The predicted octanol–water partition coefficient (Wildman–Crippen LogP) is 3.33. The summed E-state index contributed by atoms with van der Waals surface area (Å²) in [6.07, 6.45) is 3.60. The van der Waals surface area contributed by atoms with Crippen LogP contribution in [0.15, 0.2) is 36.5 Å². The van der Waals surface area contributed by atoms with Crippen LogP contribution in [0.1, 0.15) is 23.6 Å². The Morgan fingerprint density at radius 2 is 2.21 bits per heavy atom. The molecule has 98 valence electrons. The number of nitrogens with zero attached hydrogens (tertiary/aromatic N) is 1. The van der Waals surface area contributed by atoms with Gasteiger partial charge in [-0.3, -0.25) is 0 Å². The molecule has 4 heteroatoms. The zero-order valence-corrected chi connectivity index (χ0v) is 10.7.